The molecule has 0 saturated carbocycles. The molecular weight excluding hydrogens is 309 g/mol. The van der Waals surface area contributed by atoms with Gasteiger partial charge in [0.15, 0.2) is 0 Å². The third kappa shape index (κ3) is 3.33. The number of sulfonamides is 1. The van der Waals surface area contributed by atoms with Crippen LogP contribution < -0.4 is 0 Å². The van der Waals surface area contributed by atoms with Gasteiger partial charge < -0.3 is 0 Å². The molecule has 0 amide bonds. The van der Waals surface area contributed by atoms with Gasteiger partial charge in [0.25, 0.3) is 10.0 Å². The number of aryl methyl sites for hydroxylation is 1. The van der Waals surface area contributed by atoms with Crippen LogP contribution in [-0.2, 0) is 10.0 Å². The summed E-state index contributed by atoms with van der Waals surface area (Å²) in [5.41, 5.74) is 0.773. The predicted molar refractivity (Wildman–Crippen MR) is 83.4 cm³/mol. The first-order chi connectivity index (χ1) is 9.86. The van der Waals surface area contributed by atoms with Gasteiger partial charge in [-0.1, -0.05) is 19.1 Å². The second-order valence-corrected chi connectivity index (χ2v) is 8.21. The molecule has 2 aromatic rings. The highest BCUT2D eigenvalue weighted by Crippen LogP contribution is 2.30. The van der Waals surface area contributed by atoms with Gasteiger partial charge in [0.05, 0.1) is 0 Å². The molecule has 0 aliphatic rings. The van der Waals surface area contributed by atoms with Crippen molar-refractivity contribution in [2.24, 2.45) is 0 Å². The molecule has 1 atom stereocenters. The summed E-state index contributed by atoms with van der Waals surface area (Å²) < 4.78 is 40.2. The number of benzene rings is 1. The lowest BCUT2D eigenvalue weighted by Gasteiger charge is -2.27. The molecule has 1 aromatic heterocycles. The molecule has 0 aliphatic carbocycles. The first-order valence-corrected chi connectivity index (χ1v) is 8.95. The minimum atomic E-state index is -3.53. The molecule has 114 valence electrons. The Morgan fingerprint density at radius 1 is 1.19 bits per heavy atom. The van der Waals surface area contributed by atoms with Crippen LogP contribution in [0.15, 0.2) is 40.6 Å². The zero-order chi connectivity index (χ0) is 15.6. The number of nitrogens with zero attached hydrogens (tertiary/aromatic N) is 1. The van der Waals surface area contributed by atoms with Gasteiger partial charge in [-0.25, -0.2) is 12.8 Å². The van der Waals surface area contributed by atoms with E-state index in [1.807, 2.05) is 13.8 Å². The number of halogens is 1. The molecule has 21 heavy (non-hydrogen) atoms. The summed E-state index contributed by atoms with van der Waals surface area (Å²) in [4.78, 5) is 0.957. The van der Waals surface area contributed by atoms with Crippen LogP contribution in [0.3, 0.4) is 0 Å². The fourth-order valence-corrected chi connectivity index (χ4v) is 5.27. The highest BCUT2D eigenvalue weighted by Gasteiger charge is 2.29. The first-order valence-electron chi connectivity index (χ1n) is 6.70. The lowest BCUT2D eigenvalue weighted by Crippen LogP contribution is -2.33. The van der Waals surface area contributed by atoms with E-state index >= 15 is 0 Å². The normalized spacial score (nSPS) is 13.6. The van der Waals surface area contributed by atoms with Crippen molar-refractivity contribution in [3.63, 3.8) is 0 Å². The van der Waals surface area contributed by atoms with Crippen molar-refractivity contribution in [2.75, 3.05) is 6.54 Å². The number of hydrogen-bond acceptors (Lipinski definition) is 3. The van der Waals surface area contributed by atoms with E-state index in [0.717, 1.165) is 10.4 Å². The Labute approximate surface area is 129 Å². The number of thiophene rings is 1. The highest BCUT2D eigenvalue weighted by atomic mass is 32.2. The molecule has 0 bridgehead atoms. The third-order valence-corrected chi connectivity index (χ3v) is 6.89. The van der Waals surface area contributed by atoms with E-state index < -0.39 is 10.0 Å². The van der Waals surface area contributed by atoms with E-state index in [-0.39, 0.29) is 11.9 Å². The number of hydrogen-bond donors (Lipinski definition) is 0. The van der Waals surface area contributed by atoms with Gasteiger partial charge in [0.2, 0.25) is 0 Å². The average molecular weight is 327 g/mol. The van der Waals surface area contributed by atoms with Crippen LogP contribution in [0.5, 0.6) is 0 Å². The van der Waals surface area contributed by atoms with E-state index in [0.29, 0.717) is 10.8 Å². The average Bonchev–Trinajstić information content (AvgIpc) is 2.87. The minimum Gasteiger partial charge on any atom is -0.207 e. The van der Waals surface area contributed by atoms with Gasteiger partial charge in [-0.2, -0.15) is 4.31 Å². The predicted octanol–water partition coefficient (Wildman–Crippen LogP) is 3.97. The van der Waals surface area contributed by atoms with Gasteiger partial charge in [-0.05, 0) is 43.7 Å². The maximum absolute atomic E-state index is 13.0. The monoisotopic (exact) mass is 327 g/mol. The largest absolute Gasteiger partial charge is 0.253 e. The summed E-state index contributed by atoms with van der Waals surface area (Å²) in [6.45, 7) is 5.86. The van der Waals surface area contributed by atoms with Crippen LogP contribution in [0.4, 0.5) is 4.39 Å². The lowest BCUT2D eigenvalue weighted by atomic mass is 10.1. The molecule has 1 aromatic carbocycles. The molecular formula is C15H18FNO2S2. The fourth-order valence-electron chi connectivity index (χ4n) is 2.23. The van der Waals surface area contributed by atoms with Gasteiger partial charge >= 0.3 is 0 Å². The van der Waals surface area contributed by atoms with Crippen molar-refractivity contribution in [2.45, 2.75) is 31.0 Å². The van der Waals surface area contributed by atoms with Gasteiger partial charge in [0, 0.05) is 17.5 Å². The van der Waals surface area contributed by atoms with Crippen LogP contribution in [0, 0.1) is 12.7 Å². The Morgan fingerprint density at radius 2 is 1.81 bits per heavy atom. The van der Waals surface area contributed by atoms with Crippen LogP contribution in [0.25, 0.3) is 0 Å². The zero-order valence-corrected chi connectivity index (χ0v) is 13.8. The van der Waals surface area contributed by atoms with E-state index in [4.69, 9.17) is 0 Å². The van der Waals surface area contributed by atoms with E-state index in [2.05, 4.69) is 0 Å². The molecule has 3 nitrogen and oxygen atoms in total. The van der Waals surface area contributed by atoms with Crippen molar-refractivity contribution in [3.8, 4) is 0 Å². The Morgan fingerprint density at radius 3 is 2.29 bits per heavy atom. The molecule has 0 fully saturated rings. The molecule has 0 radical (unpaired) electrons. The van der Waals surface area contributed by atoms with Crippen molar-refractivity contribution in [1.29, 1.82) is 0 Å². The quantitative estimate of drug-likeness (QED) is 0.833. The maximum Gasteiger partial charge on any atom is 0.253 e. The molecule has 0 unspecified atom stereocenters. The summed E-state index contributed by atoms with van der Waals surface area (Å²) >= 11 is 1.26. The SMILES string of the molecule is CCN([C@H](C)c1ccc(F)cc1)S(=O)(=O)c1ccc(C)s1. The Balaban J connectivity index is 2.36. The van der Waals surface area contributed by atoms with Crippen molar-refractivity contribution < 1.29 is 12.8 Å². The summed E-state index contributed by atoms with van der Waals surface area (Å²) in [6.07, 6.45) is 0. The Hall–Kier alpha value is -1.24. The van der Waals surface area contributed by atoms with Crippen LogP contribution in [0.2, 0.25) is 0 Å². The summed E-state index contributed by atoms with van der Waals surface area (Å²) in [5, 5.41) is 0. The second kappa shape index (κ2) is 6.25. The van der Waals surface area contributed by atoms with E-state index in [1.54, 1.807) is 31.2 Å². The van der Waals surface area contributed by atoms with Crippen LogP contribution in [-0.4, -0.2) is 19.3 Å². The smallest absolute Gasteiger partial charge is 0.207 e. The number of rotatable bonds is 5. The molecule has 0 N–H and O–H groups in total. The second-order valence-electron chi connectivity index (χ2n) is 4.80. The van der Waals surface area contributed by atoms with Gasteiger partial charge in [-0.15, -0.1) is 11.3 Å². The summed E-state index contributed by atoms with van der Waals surface area (Å²) in [5.74, 6) is -0.328. The Bertz CT molecular complexity index is 708. The standard InChI is InChI=1S/C15H18FNO2S2/c1-4-17(12(3)13-6-8-14(16)9-7-13)21(18,19)15-10-5-11(2)20-15/h5-10,12H,4H2,1-3H3/t12-/m1/s1. The van der Waals surface area contributed by atoms with Crippen molar-refractivity contribution in [3.05, 3.63) is 52.7 Å². The molecule has 0 saturated heterocycles. The van der Waals surface area contributed by atoms with Crippen LogP contribution >= 0.6 is 11.3 Å². The lowest BCUT2D eigenvalue weighted by molar-refractivity contribution is 0.358. The van der Waals surface area contributed by atoms with Crippen LogP contribution in [0.1, 0.15) is 30.3 Å². The first kappa shape index (κ1) is 16.1. The maximum atomic E-state index is 13.0. The molecule has 6 heteroatoms. The molecule has 2 rings (SSSR count). The molecule has 0 spiro atoms. The molecule has 0 aliphatic heterocycles. The van der Waals surface area contributed by atoms with Gasteiger partial charge in [0.1, 0.15) is 10.0 Å². The summed E-state index contributed by atoms with van der Waals surface area (Å²) in [7, 11) is -3.53. The summed E-state index contributed by atoms with van der Waals surface area (Å²) in [6, 6.07) is 9.03. The topological polar surface area (TPSA) is 37.4 Å². The molecule has 1 heterocycles. The van der Waals surface area contributed by atoms with Crippen molar-refractivity contribution >= 4 is 21.4 Å². The minimum absolute atomic E-state index is 0.328. The fraction of sp³-hybridized carbons (Fsp3) is 0.333. The van der Waals surface area contributed by atoms with Crippen molar-refractivity contribution in [1.82, 2.24) is 4.31 Å². The van der Waals surface area contributed by atoms with E-state index in [1.165, 1.54) is 27.8 Å². The third-order valence-electron chi connectivity index (χ3n) is 3.37. The highest BCUT2D eigenvalue weighted by molar-refractivity contribution is 7.91. The zero-order valence-electron chi connectivity index (χ0n) is 12.2. The Kier molecular flexibility index (Phi) is 4.81. The van der Waals surface area contributed by atoms with Gasteiger partial charge in [-0.3, -0.25) is 0 Å². The van der Waals surface area contributed by atoms with E-state index in [9.17, 15) is 12.8 Å².